The largest absolute Gasteiger partial charge is 0.481 e. The Balaban J connectivity index is 1.14. The number of ether oxygens (including phenoxy) is 1. The Morgan fingerprint density at radius 2 is 1.66 bits per heavy atom. The molecule has 0 spiro atoms. The quantitative estimate of drug-likeness (QED) is 0.593. The molecule has 2 fully saturated rings. The molecule has 2 atom stereocenters. The molecule has 2 aromatic rings. The molecule has 2 aromatic carbocycles. The van der Waals surface area contributed by atoms with Crippen LogP contribution < -0.4 is 5.32 Å². The van der Waals surface area contributed by atoms with Gasteiger partial charge in [-0.05, 0) is 59.8 Å². The van der Waals surface area contributed by atoms with Crippen LogP contribution in [0.1, 0.15) is 49.1 Å². The summed E-state index contributed by atoms with van der Waals surface area (Å²) in [7, 11) is 0. The Kier molecular flexibility index (Phi) is 6.75. The second-order valence-corrected chi connectivity index (χ2v) is 10.0. The van der Waals surface area contributed by atoms with E-state index in [1.54, 1.807) is 4.90 Å². The Labute approximate surface area is 205 Å². The maximum Gasteiger partial charge on any atom is 0.407 e. The SMILES string of the molecule is O=C(NCC(CC(=O)N1CCC[C@H](C(=O)O)C1)C1CC1)OCC1c2ccccc2-c2ccccc21. The molecular formula is C28H32N2O5. The maximum atomic E-state index is 12.9. The number of hydrogen-bond acceptors (Lipinski definition) is 4. The number of benzene rings is 2. The van der Waals surface area contributed by atoms with Crippen LogP contribution in [0.25, 0.3) is 11.1 Å². The summed E-state index contributed by atoms with van der Waals surface area (Å²) in [6.07, 6.45) is 3.32. The summed E-state index contributed by atoms with van der Waals surface area (Å²) in [6.45, 7) is 1.55. The molecule has 2 N–H and O–H groups in total. The zero-order valence-corrected chi connectivity index (χ0v) is 19.8. The van der Waals surface area contributed by atoms with Gasteiger partial charge in [0.05, 0.1) is 5.92 Å². The van der Waals surface area contributed by atoms with Crippen LogP contribution in [-0.4, -0.2) is 54.2 Å². The summed E-state index contributed by atoms with van der Waals surface area (Å²) in [5, 5.41) is 12.2. The van der Waals surface area contributed by atoms with Crippen molar-refractivity contribution in [2.75, 3.05) is 26.2 Å². The number of nitrogens with zero attached hydrogens (tertiary/aromatic N) is 1. The van der Waals surface area contributed by atoms with Crippen molar-refractivity contribution < 1.29 is 24.2 Å². The highest BCUT2D eigenvalue weighted by Gasteiger charge is 2.36. The molecule has 0 aromatic heterocycles. The van der Waals surface area contributed by atoms with Gasteiger partial charge < -0.3 is 20.1 Å². The standard InChI is InChI=1S/C28H32N2O5/c31-26(30-13-5-6-19(16-30)27(32)33)14-20(18-11-12-18)15-29-28(34)35-17-25-23-9-3-1-7-21(23)22-8-2-4-10-24(22)25/h1-4,7-10,18-20,25H,5-6,11-17H2,(H,29,34)(H,32,33)/t19-,20?/m0/s1. The average Bonchev–Trinajstić information content (AvgIpc) is 3.68. The van der Waals surface area contributed by atoms with Gasteiger partial charge in [0.15, 0.2) is 0 Å². The van der Waals surface area contributed by atoms with Crippen LogP contribution in [0.2, 0.25) is 0 Å². The van der Waals surface area contributed by atoms with Crippen molar-refractivity contribution in [3.05, 3.63) is 59.7 Å². The minimum Gasteiger partial charge on any atom is -0.481 e. The number of likely N-dealkylation sites (tertiary alicyclic amines) is 1. The summed E-state index contributed by atoms with van der Waals surface area (Å²) in [4.78, 5) is 38.5. The molecular weight excluding hydrogens is 444 g/mol. The van der Waals surface area contributed by atoms with E-state index in [1.807, 2.05) is 24.3 Å². The van der Waals surface area contributed by atoms with Gasteiger partial charge in [-0.15, -0.1) is 0 Å². The summed E-state index contributed by atoms with van der Waals surface area (Å²) < 4.78 is 5.64. The fourth-order valence-corrected chi connectivity index (χ4v) is 5.60. The molecule has 3 aliphatic rings. The van der Waals surface area contributed by atoms with Crippen LogP contribution in [0.15, 0.2) is 48.5 Å². The number of fused-ring (bicyclic) bond motifs is 3. The first-order valence-electron chi connectivity index (χ1n) is 12.6. The van der Waals surface area contributed by atoms with Gasteiger partial charge in [0, 0.05) is 32.0 Å². The lowest BCUT2D eigenvalue weighted by atomic mass is 9.95. The number of carboxylic acid groups (broad SMARTS) is 1. The van der Waals surface area contributed by atoms with E-state index in [2.05, 4.69) is 29.6 Å². The molecule has 1 saturated heterocycles. The molecule has 7 nitrogen and oxygen atoms in total. The van der Waals surface area contributed by atoms with Crippen LogP contribution in [0.3, 0.4) is 0 Å². The first-order valence-corrected chi connectivity index (χ1v) is 12.6. The molecule has 184 valence electrons. The van der Waals surface area contributed by atoms with Gasteiger partial charge >= 0.3 is 12.1 Å². The number of aliphatic carboxylic acids is 1. The third-order valence-electron chi connectivity index (χ3n) is 7.70. The molecule has 1 saturated carbocycles. The van der Waals surface area contributed by atoms with Crippen molar-refractivity contribution in [2.24, 2.45) is 17.8 Å². The first kappa shape index (κ1) is 23.4. The van der Waals surface area contributed by atoms with E-state index in [4.69, 9.17) is 4.74 Å². The van der Waals surface area contributed by atoms with Crippen molar-refractivity contribution in [3.8, 4) is 11.1 Å². The first-order chi connectivity index (χ1) is 17.0. The van der Waals surface area contributed by atoms with Crippen LogP contribution in [0.5, 0.6) is 0 Å². The summed E-state index contributed by atoms with van der Waals surface area (Å²) >= 11 is 0. The third-order valence-corrected chi connectivity index (χ3v) is 7.70. The van der Waals surface area contributed by atoms with E-state index in [-0.39, 0.29) is 30.9 Å². The Hall–Kier alpha value is -3.35. The normalized spacial score (nSPS) is 20.0. The molecule has 2 amide bonds. The van der Waals surface area contributed by atoms with Gasteiger partial charge in [-0.2, -0.15) is 0 Å². The molecule has 1 aliphatic heterocycles. The Bertz CT molecular complexity index is 1070. The van der Waals surface area contributed by atoms with E-state index in [0.29, 0.717) is 31.8 Å². The lowest BCUT2D eigenvalue weighted by Gasteiger charge is -2.32. The number of hydrogen-bond donors (Lipinski definition) is 2. The number of amides is 2. The van der Waals surface area contributed by atoms with Crippen molar-refractivity contribution >= 4 is 18.0 Å². The summed E-state index contributed by atoms with van der Waals surface area (Å²) in [6, 6.07) is 16.5. The highest BCUT2D eigenvalue weighted by molar-refractivity contribution is 5.79. The van der Waals surface area contributed by atoms with Crippen molar-refractivity contribution in [2.45, 2.75) is 38.0 Å². The lowest BCUT2D eigenvalue weighted by molar-refractivity contribution is -0.146. The van der Waals surface area contributed by atoms with E-state index in [0.717, 1.165) is 19.3 Å². The lowest BCUT2D eigenvalue weighted by Crippen LogP contribution is -2.43. The molecule has 2 aliphatic carbocycles. The summed E-state index contributed by atoms with van der Waals surface area (Å²) in [5.41, 5.74) is 4.72. The van der Waals surface area contributed by atoms with Crippen LogP contribution in [0.4, 0.5) is 4.79 Å². The topological polar surface area (TPSA) is 95.9 Å². The fraction of sp³-hybridized carbons (Fsp3) is 0.464. The van der Waals surface area contributed by atoms with Gasteiger partial charge in [-0.3, -0.25) is 9.59 Å². The van der Waals surface area contributed by atoms with E-state index in [9.17, 15) is 19.5 Å². The zero-order valence-electron chi connectivity index (χ0n) is 19.8. The number of nitrogens with one attached hydrogen (secondary N) is 1. The minimum absolute atomic E-state index is 0.00948. The molecule has 7 heteroatoms. The van der Waals surface area contributed by atoms with Gasteiger partial charge in [0.25, 0.3) is 0 Å². The molecule has 35 heavy (non-hydrogen) atoms. The number of carboxylic acids is 1. The number of carbonyl (C=O) groups excluding carboxylic acids is 2. The Morgan fingerprint density at radius 1 is 1.00 bits per heavy atom. The minimum atomic E-state index is -0.835. The van der Waals surface area contributed by atoms with Gasteiger partial charge in [-0.25, -0.2) is 4.79 Å². The maximum absolute atomic E-state index is 12.9. The number of rotatable bonds is 8. The predicted octanol–water partition coefficient (Wildman–Crippen LogP) is 4.26. The molecule has 0 bridgehead atoms. The van der Waals surface area contributed by atoms with Crippen molar-refractivity contribution in [3.63, 3.8) is 0 Å². The molecule has 0 radical (unpaired) electrons. The fourth-order valence-electron chi connectivity index (χ4n) is 5.60. The average molecular weight is 477 g/mol. The zero-order chi connectivity index (χ0) is 24.4. The highest BCUT2D eigenvalue weighted by atomic mass is 16.5. The highest BCUT2D eigenvalue weighted by Crippen LogP contribution is 2.44. The van der Waals surface area contributed by atoms with E-state index < -0.39 is 18.0 Å². The molecule has 1 unspecified atom stereocenters. The van der Waals surface area contributed by atoms with E-state index in [1.165, 1.54) is 22.3 Å². The van der Waals surface area contributed by atoms with Gasteiger partial charge in [0.2, 0.25) is 5.91 Å². The summed E-state index contributed by atoms with van der Waals surface area (Å²) in [5.74, 6) is -0.845. The van der Waals surface area contributed by atoms with Crippen LogP contribution in [-0.2, 0) is 14.3 Å². The Morgan fingerprint density at radius 3 is 2.29 bits per heavy atom. The monoisotopic (exact) mass is 476 g/mol. The molecule has 5 rings (SSSR count). The smallest absolute Gasteiger partial charge is 0.407 e. The van der Waals surface area contributed by atoms with Gasteiger partial charge in [-0.1, -0.05) is 48.5 Å². The third kappa shape index (κ3) is 5.19. The number of carbonyl (C=O) groups is 3. The van der Waals surface area contributed by atoms with Crippen molar-refractivity contribution in [1.29, 1.82) is 0 Å². The molecule has 1 heterocycles. The second kappa shape index (κ2) is 10.1. The second-order valence-electron chi connectivity index (χ2n) is 10.0. The van der Waals surface area contributed by atoms with E-state index >= 15 is 0 Å². The predicted molar refractivity (Wildman–Crippen MR) is 131 cm³/mol. The van der Waals surface area contributed by atoms with Crippen molar-refractivity contribution in [1.82, 2.24) is 10.2 Å². The van der Waals surface area contributed by atoms with Gasteiger partial charge in [0.1, 0.15) is 6.61 Å². The number of alkyl carbamates (subject to hydrolysis) is 1. The number of piperidine rings is 1. The van der Waals surface area contributed by atoms with Crippen LogP contribution >= 0.6 is 0 Å². The van der Waals surface area contributed by atoms with Crippen LogP contribution in [0, 0.1) is 17.8 Å².